The summed E-state index contributed by atoms with van der Waals surface area (Å²) in [5.74, 6) is -0.253. The number of amides is 5. The number of nitrogens with one attached hydrogen (secondary N) is 2. The van der Waals surface area contributed by atoms with Gasteiger partial charge in [-0.1, -0.05) is 12.8 Å². The summed E-state index contributed by atoms with van der Waals surface area (Å²) < 4.78 is 0. The molecule has 0 spiro atoms. The van der Waals surface area contributed by atoms with Crippen LogP contribution in [0.15, 0.2) is 0 Å². The van der Waals surface area contributed by atoms with E-state index in [2.05, 4.69) is 15.5 Å². The molecule has 28 heavy (non-hydrogen) atoms. The number of carbonyl (C=O) groups is 4. The Balaban J connectivity index is 1.42. The van der Waals surface area contributed by atoms with E-state index in [9.17, 15) is 19.2 Å². The molecule has 3 heterocycles. The minimum atomic E-state index is -0.630. The van der Waals surface area contributed by atoms with Crippen LogP contribution in [0.25, 0.3) is 0 Å². The molecule has 0 unspecified atom stereocenters. The van der Waals surface area contributed by atoms with E-state index in [1.54, 1.807) is 4.90 Å². The molecule has 5 amide bonds. The van der Waals surface area contributed by atoms with Crippen molar-refractivity contribution >= 4 is 23.8 Å². The fourth-order valence-electron chi connectivity index (χ4n) is 4.09. The average Bonchev–Trinajstić information content (AvgIpc) is 2.91. The van der Waals surface area contributed by atoms with Crippen LogP contribution in [0.1, 0.15) is 44.9 Å². The third-order valence-electron chi connectivity index (χ3n) is 5.76. The first-order chi connectivity index (χ1) is 13.5. The zero-order chi connectivity index (χ0) is 19.9. The molecule has 156 valence electrons. The molecular weight excluding hydrogens is 362 g/mol. The van der Waals surface area contributed by atoms with Gasteiger partial charge in [0.05, 0.1) is 6.54 Å². The summed E-state index contributed by atoms with van der Waals surface area (Å²) in [5, 5.41) is 4.69. The molecule has 3 aliphatic heterocycles. The Morgan fingerprint density at radius 3 is 2.07 bits per heavy atom. The summed E-state index contributed by atoms with van der Waals surface area (Å²) in [6.45, 7) is 4.84. The predicted molar refractivity (Wildman–Crippen MR) is 102 cm³/mol. The molecule has 0 aliphatic carbocycles. The van der Waals surface area contributed by atoms with Crippen LogP contribution in [0.5, 0.6) is 0 Å². The van der Waals surface area contributed by atoms with Crippen LogP contribution in [0.3, 0.4) is 0 Å². The third-order valence-corrected chi connectivity index (χ3v) is 5.76. The van der Waals surface area contributed by atoms with Crippen molar-refractivity contribution < 1.29 is 19.2 Å². The van der Waals surface area contributed by atoms with E-state index < -0.39 is 12.1 Å². The van der Waals surface area contributed by atoms with Gasteiger partial charge in [0.25, 0.3) is 5.91 Å². The molecule has 0 saturated carbocycles. The first-order valence-electron chi connectivity index (χ1n) is 10.4. The van der Waals surface area contributed by atoms with Crippen molar-refractivity contribution in [2.45, 2.75) is 51.0 Å². The first kappa shape index (κ1) is 20.6. The van der Waals surface area contributed by atoms with Gasteiger partial charge in [0.15, 0.2) is 0 Å². The summed E-state index contributed by atoms with van der Waals surface area (Å²) in [7, 11) is 0. The highest BCUT2D eigenvalue weighted by Gasteiger charge is 2.30. The molecule has 0 aromatic heterocycles. The number of carbonyl (C=O) groups excluding carboxylic acids is 4. The van der Waals surface area contributed by atoms with Gasteiger partial charge >= 0.3 is 6.03 Å². The molecule has 0 aromatic rings. The molecule has 0 radical (unpaired) electrons. The number of hydrogen-bond donors (Lipinski definition) is 2. The van der Waals surface area contributed by atoms with Gasteiger partial charge in [-0.25, -0.2) is 4.79 Å². The van der Waals surface area contributed by atoms with Crippen molar-refractivity contribution in [2.75, 3.05) is 45.8 Å². The van der Waals surface area contributed by atoms with Crippen molar-refractivity contribution in [3.8, 4) is 0 Å². The van der Waals surface area contributed by atoms with Crippen molar-refractivity contribution in [3.05, 3.63) is 0 Å². The zero-order valence-corrected chi connectivity index (χ0v) is 16.5. The number of nitrogens with zero attached hydrogens (tertiary/aromatic N) is 3. The molecule has 3 fully saturated rings. The van der Waals surface area contributed by atoms with Crippen molar-refractivity contribution in [3.63, 3.8) is 0 Å². The Kier molecular flexibility index (Phi) is 7.24. The monoisotopic (exact) mass is 393 g/mol. The Labute approximate surface area is 165 Å². The quantitative estimate of drug-likeness (QED) is 0.636. The van der Waals surface area contributed by atoms with Gasteiger partial charge in [-0.2, -0.15) is 0 Å². The molecule has 0 aromatic carbocycles. The van der Waals surface area contributed by atoms with Crippen LogP contribution >= 0.6 is 0 Å². The lowest BCUT2D eigenvalue weighted by atomic mass is 10.1. The van der Waals surface area contributed by atoms with E-state index in [1.165, 1.54) is 12.8 Å². The lowest BCUT2D eigenvalue weighted by Crippen LogP contribution is -2.43. The Morgan fingerprint density at radius 2 is 1.46 bits per heavy atom. The van der Waals surface area contributed by atoms with Crippen molar-refractivity contribution in [1.82, 2.24) is 25.3 Å². The van der Waals surface area contributed by atoms with Gasteiger partial charge in [-0.3, -0.25) is 24.6 Å². The van der Waals surface area contributed by atoms with Crippen LogP contribution in [0.2, 0.25) is 0 Å². The summed E-state index contributed by atoms with van der Waals surface area (Å²) in [4.78, 5) is 53.8. The standard InChI is InChI=1S/C19H31N5O4/c25-16(7-6-15-18(27)21-19(28)20-15)23-10-5-11-24(13-12-23)17(26)14-22-8-3-1-2-4-9-22/h15H,1-14H2,(H2,20,21,27,28)/t15-/m0/s1. The SMILES string of the molecule is O=C1NC(=O)[C@H](CCC(=O)N2CCCN(C(=O)CN3CCCCCC3)CC2)N1. The second-order valence-electron chi connectivity index (χ2n) is 7.86. The highest BCUT2D eigenvalue weighted by molar-refractivity contribution is 6.04. The highest BCUT2D eigenvalue weighted by atomic mass is 16.2. The Hall–Kier alpha value is -2.16. The minimum absolute atomic E-state index is 0.0317. The fourth-order valence-corrected chi connectivity index (χ4v) is 4.09. The molecule has 2 N–H and O–H groups in total. The van der Waals surface area contributed by atoms with E-state index in [0.29, 0.717) is 39.1 Å². The van der Waals surface area contributed by atoms with Gasteiger partial charge in [-0.05, 0) is 38.8 Å². The van der Waals surface area contributed by atoms with E-state index >= 15 is 0 Å². The van der Waals surface area contributed by atoms with Crippen molar-refractivity contribution in [1.29, 1.82) is 0 Å². The predicted octanol–water partition coefficient (Wildman–Crippen LogP) is -0.0885. The topological polar surface area (TPSA) is 102 Å². The first-order valence-corrected chi connectivity index (χ1v) is 10.4. The number of hydrogen-bond acceptors (Lipinski definition) is 5. The third kappa shape index (κ3) is 5.67. The van der Waals surface area contributed by atoms with E-state index in [0.717, 1.165) is 32.4 Å². The smallest absolute Gasteiger partial charge is 0.322 e. The van der Waals surface area contributed by atoms with Gasteiger partial charge in [-0.15, -0.1) is 0 Å². The van der Waals surface area contributed by atoms with E-state index in [4.69, 9.17) is 0 Å². The normalized spacial score (nSPS) is 24.4. The summed E-state index contributed by atoms with van der Waals surface area (Å²) >= 11 is 0. The maximum atomic E-state index is 12.7. The molecule has 1 atom stereocenters. The van der Waals surface area contributed by atoms with Crippen LogP contribution in [-0.4, -0.2) is 90.3 Å². The lowest BCUT2D eigenvalue weighted by molar-refractivity contribution is -0.134. The fraction of sp³-hybridized carbons (Fsp3) is 0.789. The minimum Gasteiger partial charge on any atom is -0.341 e. The van der Waals surface area contributed by atoms with Gasteiger partial charge in [0.1, 0.15) is 6.04 Å². The van der Waals surface area contributed by atoms with Gasteiger partial charge in [0.2, 0.25) is 11.8 Å². The van der Waals surface area contributed by atoms with Crippen molar-refractivity contribution in [2.24, 2.45) is 0 Å². The van der Waals surface area contributed by atoms with E-state index in [1.807, 2.05) is 4.90 Å². The van der Waals surface area contributed by atoms with Gasteiger partial charge in [0, 0.05) is 32.6 Å². The Morgan fingerprint density at radius 1 is 0.821 bits per heavy atom. The molecule has 3 rings (SSSR count). The van der Waals surface area contributed by atoms with Crippen LogP contribution in [0.4, 0.5) is 4.79 Å². The highest BCUT2D eigenvalue weighted by Crippen LogP contribution is 2.12. The second kappa shape index (κ2) is 9.86. The maximum absolute atomic E-state index is 12.7. The molecule has 9 nitrogen and oxygen atoms in total. The Bertz CT molecular complexity index is 603. The molecule has 0 bridgehead atoms. The van der Waals surface area contributed by atoms with Crippen LogP contribution < -0.4 is 10.6 Å². The van der Waals surface area contributed by atoms with Crippen LogP contribution in [-0.2, 0) is 14.4 Å². The van der Waals surface area contributed by atoms with Gasteiger partial charge < -0.3 is 15.1 Å². The summed E-state index contributed by atoms with van der Waals surface area (Å²) in [6, 6.07) is -1.13. The molecule has 9 heteroatoms. The number of likely N-dealkylation sites (tertiary alicyclic amines) is 1. The molecular formula is C19H31N5O4. The lowest BCUT2D eigenvalue weighted by Gasteiger charge is -2.26. The second-order valence-corrected chi connectivity index (χ2v) is 7.86. The van der Waals surface area contributed by atoms with Crippen LogP contribution in [0, 0.1) is 0 Å². The molecule has 3 aliphatic rings. The molecule has 3 saturated heterocycles. The zero-order valence-electron chi connectivity index (χ0n) is 16.5. The number of rotatable bonds is 5. The number of imide groups is 1. The summed E-state index contributed by atoms with van der Waals surface area (Å²) in [6.07, 6.45) is 6.09. The van der Waals surface area contributed by atoms with E-state index in [-0.39, 0.29) is 24.1 Å². The number of urea groups is 1. The summed E-state index contributed by atoms with van der Waals surface area (Å²) in [5.41, 5.74) is 0. The maximum Gasteiger partial charge on any atom is 0.322 e. The largest absolute Gasteiger partial charge is 0.341 e. The average molecular weight is 393 g/mol.